The molecule has 0 aliphatic carbocycles. The van der Waals surface area contributed by atoms with Gasteiger partial charge in [-0.1, -0.05) is 74.8 Å². The predicted molar refractivity (Wildman–Crippen MR) is 130 cm³/mol. The van der Waals surface area contributed by atoms with Gasteiger partial charge in [0.25, 0.3) is 0 Å². The maximum atomic E-state index is 6.97. The molecule has 3 nitrogen and oxygen atoms in total. The van der Waals surface area contributed by atoms with Crippen LogP contribution in [-0.4, -0.2) is 41.6 Å². The van der Waals surface area contributed by atoms with E-state index in [1.54, 1.807) is 0 Å². The summed E-state index contributed by atoms with van der Waals surface area (Å²) in [6, 6.07) is 0. The maximum absolute atomic E-state index is 6.97. The van der Waals surface area contributed by atoms with Gasteiger partial charge in [0, 0.05) is 0 Å². The van der Waals surface area contributed by atoms with E-state index in [0.717, 1.165) is 12.0 Å². The Morgan fingerprint density at radius 1 is 1.10 bits per heavy atom. The van der Waals surface area contributed by atoms with Gasteiger partial charge in [0.1, 0.15) is 12.2 Å². The van der Waals surface area contributed by atoms with Crippen LogP contribution in [0, 0.1) is 12.3 Å². The summed E-state index contributed by atoms with van der Waals surface area (Å²) in [7, 11) is -3.90. The molecule has 3 atom stereocenters. The van der Waals surface area contributed by atoms with Gasteiger partial charge < -0.3 is 13.6 Å². The molecule has 0 aromatic rings. The van der Waals surface area contributed by atoms with Gasteiger partial charge in [0.2, 0.25) is 8.32 Å². The zero-order valence-electron chi connectivity index (χ0n) is 20.9. The summed E-state index contributed by atoms with van der Waals surface area (Å²) in [6.45, 7) is 30.0. The summed E-state index contributed by atoms with van der Waals surface area (Å²) in [5, 5.41) is 0.173. The fourth-order valence-corrected chi connectivity index (χ4v) is 11.0. The molecule has 0 bridgehead atoms. The average Bonchev–Trinajstić information content (AvgIpc) is 2.56. The smallest absolute Gasteiger partial charge is 0.201 e. The molecule has 0 spiro atoms. The lowest BCUT2D eigenvalue weighted by Crippen LogP contribution is -2.55. The Balaban J connectivity index is 2.99. The van der Waals surface area contributed by atoms with Gasteiger partial charge >= 0.3 is 0 Å². The topological polar surface area (TPSA) is 27.7 Å². The molecule has 0 aromatic carbocycles. The molecule has 0 amide bonds. The van der Waals surface area contributed by atoms with Crippen molar-refractivity contribution in [3.63, 3.8) is 0 Å². The average molecular weight is 439 g/mol. The van der Waals surface area contributed by atoms with Crippen molar-refractivity contribution in [2.24, 2.45) is 0 Å². The number of terminal acetylenes is 1. The van der Waals surface area contributed by atoms with Gasteiger partial charge in [0.15, 0.2) is 8.32 Å². The van der Waals surface area contributed by atoms with Crippen LogP contribution >= 0.6 is 0 Å². The molecule has 1 aliphatic heterocycles. The van der Waals surface area contributed by atoms with E-state index >= 15 is 0 Å². The molecule has 168 valence electrons. The van der Waals surface area contributed by atoms with E-state index < -0.39 is 22.7 Å². The van der Waals surface area contributed by atoms with Crippen molar-refractivity contribution in [3.8, 4) is 12.3 Å². The largest absolute Gasteiger partial charge is 0.414 e. The zero-order chi connectivity index (χ0) is 22.8. The Morgan fingerprint density at radius 2 is 1.59 bits per heavy atom. The third kappa shape index (κ3) is 5.86. The molecule has 1 fully saturated rings. The summed E-state index contributed by atoms with van der Waals surface area (Å²) in [5.41, 5.74) is 2.54. The van der Waals surface area contributed by atoms with Gasteiger partial charge in [-0.05, 0) is 46.7 Å². The molecule has 0 radical (unpaired) electrons. The Kier molecular flexibility index (Phi) is 9.03. The predicted octanol–water partition coefficient (Wildman–Crippen LogP) is 6.92. The Labute approximate surface area is 183 Å². The van der Waals surface area contributed by atoms with Gasteiger partial charge in [-0.2, -0.15) is 0 Å². The van der Waals surface area contributed by atoms with Crippen LogP contribution < -0.4 is 0 Å². The monoisotopic (exact) mass is 438 g/mol. The van der Waals surface area contributed by atoms with E-state index in [9.17, 15) is 0 Å². The number of hydrogen-bond donors (Lipinski definition) is 0. The van der Waals surface area contributed by atoms with Crippen LogP contribution in [0.4, 0.5) is 0 Å². The minimum atomic E-state index is -2.07. The van der Waals surface area contributed by atoms with Crippen molar-refractivity contribution in [2.45, 2.75) is 122 Å². The first-order chi connectivity index (χ1) is 13.1. The van der Waals surface area contributed by atoms with Crippen LogP contribution in [0.25, 0.3) is 0 Å². The lowest BCUT2D eigenvalue weighted by atomic mass is 9.97. The summed E-state index contributed by atoms with van der Waals surface area (Å²) in [5.74, 6) is 2.85. The van der Waals surface area contributed by atoms with Gasteiger partial charge in [-0.3, -0.25) is 0 Å². The zero-order valence-corrected chi connectivity index (χ0v) is 22.9. The van der Waals surface area contributed by atoms with Crippen molar-refractivity contribution < 1.29 is 13.6 Å². The molecule has 0 N–H and O–H groups in total. The molecule has 1 rings (SSSR count). The highest BCUT2D eigenvalue weighted by molar-refractivity contribution is 6.77. The van der Waals surface area contributed by atoms with Crippen LogP contribution in [0.15, 0.2) is 12.2 Å². The number of ether oxygens (including phenoxy) is 1. The second-order valence-electron chi connectivity index (χ2n) is 11.1. The maximum Gasteiger partial charge on any atom is 0.201 e. The summed E-state index contributed by atoms with van der Waals surface area (Å²) < 4.78 is 19.7. The fourth-order valence-electron chi connectivity index (χ4n) is 4.47. The summed E-state index contributed by atoms with van der Waals surface area (Å²) >= 11 is 0. The van der Waals surface area contributed by atoms with E-state index in [-0.39, 0.29) is 17.2 Å². The van der Waals surface area contributed by atoms with E-state index in [1.807, 2.05) is 0 Å². The van der Waals surface area contributed by atoms with Crippen LogP contribution in [0.5, 0.6) is 0 Å². The van der Waals surface area contributed by atoms with Gasteiger partial charge in [-0.25, -0.2) is 0 Å². The first kappa shape index (κ1) is 26.6. The number of rotatable bonds is 8. The molecule has 1 saturated heterocycles. The molecule has 5 heteroatoms. The molecule has 29 heavy (non-hydrogen) atoms. The minimum Gasteiger partial charge on any atom is -0.414 e. The Hall–Kier alpha value is -0.386. The van der Waals surface area contributed by atoms with E-state index in [4.69, 9.17) is 20.0 Å². The Bertz CT molecular complexity index is 574. The van der Waals surface area contributed by atoms with Crippen molar-refractivity contribution in [1.82, 2.24) is 0 Å². The molecule has 1 aliphatic rings. The normalized spacial score (nSPS) is 24.4. The highest BCUT2D eigenvalue weighted by Crippen LogP contribution is 2.45. The molecule has 0 saturated carbocycles. The summed E-state index contributed by atoms with van der Waals surface area (Å²) in [4.78, 5) is 0. The van der Waals surface area contributed by atoms with Gasteiger partial charge in [-0.15, -0.1) is 6.42 Å². The third-order valence-electron chi connectivity index (χ3n) is 7.14. The van der Waals surface area contributed by atoms with E-state index in [2.05, 4.69) is 87.9 Å². The van der Waals surface area contributed by atoms with Crippen molar-refractivity contribution in [2.75, 3.05) is 6.61 Å². The van der Waals surface area contributed by atoms with Crippen LogP contribution in [0.1, 0.15) is 68.7 Å². The van der Waals surface area contributed by atoms with Crippen LogP contribution in [0.3, 0.4) is 0 Å². The summed E-state index contributed by atoms with van der Waals surface area (Å²) in [6.07, 6.45) is 5.98. The molecular formula is C24H46O3Si2. The standard InChI is InChI=1S/C24H46O3Si2/c1-14-22-23(27-29(17(2)3,18(4)5)19(6)7)20(8)15-21(26-22)16-25-28(12,13)24(9,10)11/h1,17-19,21-23H,8,15-16H2,2-7,9-13H3/t21-,22-,23+/m1/s1. The van der Waals surface area contributed by atoms with E-state index in [0.29, 0.717) is 23.2 Å². The highest BCUT2D eigenvalue weighted by Gasteiger charge is 2.49. The van der Waals surface area contributed by atoms with Crippen molar-refractivity contribution in [3.05, 3.63) is 12.2 Å². The second kappa shape index (κ2) is 9.83. The first-order valence-corrected chi connectivity index (χ1v) is 16.3. The number of hydrogen-bond acceptors (Lipinski definition) is 3. The van der Waals surface area contributed by atoms with Gasteiger partial charge in [0.05, 0.1) is 12.7 Å². The molecular weight excluding hydrogens is 392 g/mol. The minimum absolute atomic E-state index is 0.0502. The fraction of sp³-hybridized carbons (Fsp3) is 0.833. The molecule has 1 heterocycles. The lowest BCUT2D eigenvalue weighted by molar-refractivity contribution is -0.0746. The van der Waals surface area contributed by atoms with Crippen molar-refractivity contribution in [1.29, 1.82) is 0 Å². The first-order valence-electron chi connectivity index (χ1n) is 11.2. The quantitative estimate of drug-likeness (QED) is 0.234. The SMILES string of the molecule is C#C[C@H]1O[C@@H](CO[Si](C)(C)C(C)(C)C)CC(=C)[C@@H]1O[Si](C(C)C)(C(C)C)C(C)C. The van der Waals surface area contributed by atoms with E-state index in [1.165, 1.54) is 0 Å². The molecule has 0 aromatic heterocycles. The van der Waals surface area contributed by atoms with Crippen LogP contribution in [0.2, 0.25) is 34.8 Å². The third-order valence-corrected chi connectivity index (χ3v) is 17.7. The Morgan fingerprint density at radius 3 is 1.97 bits per heavy atom. The van der Waals surface area contributed by atoms with Crippen molar-refractivity contribution >= 4 is 16.6 Å². The second-order valence-corrected chi connectivity index (χ2v) is 21.4. The lowest BCUT2D eigenvalue weighted by Gasteiger charge is -2.48. The highest BCUT2D eigenvalue weighted by atomic mass is 28.4. The molecule has 0 unspecified atom stereocenters. The van der Waals surface area contributed by atoms with Crippen LogP contribution in [-0.2, 0) is 13.6 Å².